The molecule has 0 saturated carbocycles. The summed E-state index contributed by atoms with van der Waals surface area (Å²) in [5.74, 6) is -0.710. The second kappa shape index (κ2) is 5.26. The summed E-state index contributed by atoms with van der Waals surface area (Å²) in [6, 6.07) is 3.94. The number of piperazine rings is 1. The Labute approximate surface area is 110 Å². The van der Waals surface area contributed by atoms with Crippen molar-refractivity contribution in [1.82, 2.24) is 10.2 Å². The molecule has 0 aromatic heterocycles. The first-order valence-corrected chi connectivity index (χ1v) is 5.92. The van der Waals surface area contributed by atoms with Crippen LogP contribution in [0.3, 0.4) is 0 Å². The van der Waals surface area contributed by atoms with E-state index in [1.165, 1.54) is 24.1 Å². The standard InChI is InChI=1S/C13H15FN2O3/c1-8-13(18)15-6-12(17)16(8)7-9-3-4-11(19-2)10(14)5-9/h3-5,8H,6-7H2,1-2H3,(H,15,18). The van der Waals surface area contributed by atoms with Crippen molar-refractivity contribution in [2.75, 3.05) is 13.7 Å². The van der Waals surface area contributed by atoms with Crippen LogP contribution in [0, 0.1) is 5.82 Å². The number of carbonyl (C=O) groups excluding carboxylic acids is 2. The molecule has 1 unspecified atom stereocenters. The lowest BCUT2D eigenvalue weighted by Gasteiger charge is -2.32. The van der Waals surface area contributed by atoms with Crippen LogP contribution >= 0.6 is 0 Å². The van der Waals surface area contributed by atoms with Crippen LogP contribution in [0.5, 0.6) is 5.75 Å². The molecule has 5 nitrogen and oxygen atoms in total. The van der Waals surface area contributed by atoms with E-state index in [1.807, 2.05) is 0 Å². The zero-order valence-corrected chi connectivity index (χ0v) is 10.8. The van der Waals surface area contributed by atoms with Crippen LogP contribution in [-0.4, -0.2) is 36.4 Å². The lowest BCUT2D eigenvalue weighted by atomic mass is 10.1. The van der Waals surface area contributed by atoms with E-state index in [0.29, 0.717) is 5.56 Å². The topological polar surface area (TPSA) is 58.6 Å². The third-order valence-corrected chi connectivity index (χ3v) is 3.15. The summed E-state index contributed by atoms with van der Waals surface area (Å²) in [5, 5.41) is 2.50. The Hall–Kier alpha value is -2.11. The number of nitrogens with one attached hydrogen (secondary N) is 1. The zero-order valence-electron chi connectivity index (χ0n) is 10.8. The van der Waals surface area contributed by atoms with Gasteiger partial charge in [0.2, 0.25) is 11.8 Å². The van der Waals surface area contributed by atoms with Crippen molar-refractivity contribution in [3.05, 3.63) is 29.6 Å². The molecule has 1 fully saturated rings. The fourth-order valence-corrected chi connectivity index (χ4v) is 2.00. The molecule has 0 bridgehead atoms. The van der Waals surface area contributed by atoms with Gasteiger partial charge < -0.3 is 15.0 Å². The molecule has 2 amide bonds. The Bertz CT molecular complexity index is 519. The third-order valence-electron chi connectivity index (χ3n) is 3.15. The number of halogens is 1. The van der Waals surface area contributed by atoms with Gasteiger partial charge in [0.1, 0.15) is 6.04 Å². The summed E-state index contributed by atoms with van der Waals surface area (Å²) in [6.07, 6.45) is 0. The molecule has 1 atom stereocenters. The van der Waals surface area contributed by atoms with E-state index in [4.69, 9.17) is 4.74 Å². The van der Waals surface area contributed by atoms with E-state index >= 15 is 0 Å². The molecule has 2 rings (SSSR count). The maximum atomic E-state index is 13.6. The van der Waals surface area contributed by atoms with Crippen molar-refractivity contribution in [2.45, 2.75) is 19.5 Å². The van der Waals surface area contributed by atoms with Crippen LogP contribution in [0.4, 0.5) is 4.39 Å². The van der Waals surface area contributed by atoms with E-state index in [2.05, 4.69) is 5.32 Å². The highest BCUT2D eigenvalue weighted by atomic mass is 19.1. The van der Waals surface area contributed by atoms with Crippen molar-refractivity contribution in [3.8, 4) is 5.75 Å². The number of hydrogen-bond acceptors (Lipinski definition) is 3. The molecule has 1 aromatic rings. The number of carbonyl (C=O) groups is 2. The lowest BCUT2D eigenvalue weighted by molar-refractivity contribution is -0.145. The Balaban J connectivity index is 2.17. The number of benzene rings is 1. The average Bonchev–Trinajstić information content (AvgIpc) is 2.39. The van der Waals surface area contributed by atoms with Crippen LogP contribution in [-0.2, 0) is 16.1 Å². The molecule has 1 aliphatic heterocycles. The molecule has 1 aromatic carbocycles. The van der Waals surface area contributed by atoms with Gasteiger partial charge in [-0.3, -0.25) is 9.59 Å². The van der Waals surface area contributed by atoms with Gasteiger partial charge in [-0.15, -0.1) is 0 Å². The van der Waals surface area contributed by atoms with Gasteiger partial charge in [0, 0.05) is 6.54 Å². The monoisotopic (exact) mass is 266 g/mol. The van der Waals surface area contributed by atoms with Crippen LogP contribution in [0.2, 0.25) is 0 Å². The molecule has 19 heavy (non-hydrogen) atoms. The first-order chi connectivity index (χ1) is 9.02. The molecular weight excluding hydrogens is 251 g/mol. The molecule has 6 heteroatoms. The van der Waals surface area contributed by atoms with Gasteiger partial charge in [-0.05, 0) is 24.6 Å². The molecule has 0 spiro atoms. The minimum Gasteiger partial charge on any atom is -0.494 e. The van der Waals surface area contributed by atoms with E-state index < -0.39 is 11.9 Å². The molecule has 1 saturated heterocycles. The first-order valence-electron chi connectivity index (χ1n) is 5.92. The highest BCUT2D eigenvalue weighted by molar-refractivity contribution is 5.94. The number of rotatable bonds is 3. The smallest absolute Gasteiger partial charge is 0.242 e. The van der Waals surface area contributed by atoms with Crippen LogP contribution in [0.1, 0.15) is 12.5 Å². The SMILES string of the molecule is COc1ccc(CN2C(=O)CNC(=O)C2C)cc1F. The van der Waals surface area contributed by atoms with Gasteiger partial charge in [-0.25, -0.2) is 4.39 Å². The second-order valence-electron chi connectivity index (χ2n) is 4.38. The number of ether oxygens (including phenoxy) is 1. The van der Waals surface area contributed by atoms with Crippen LogP contribution < -0.4 is 10.1 Å². The van der Waals surface area contributed by atoms with Gasteiger partial charge in [0.25, 0.3) is 0 Å². The summed E-state index contributed by atoms with van der Waals surface area (Å²) >= 11 is 0. The van der Waals surface area contributed by atoms with Gasteiger partial charge in [0.05, 0.1) is 13.7 Å². The predicted molar refractivity (Wildman–Crippen MR) is 66.0 cm³/mol. The number of amides is 2. The van der Waals surface area contributed by atoms with E-state index in [1.54, 1.807) is 13.0 Å². The second-order valence-corrected chi connectivity index (χ2v) is 4.38. The van der Waals surface area contributed by atoms with Gasteiger partial charge >= 0.3 is 0 Å². The quantitative estimate of drug-likeness (QED) is 0.875. The van der Waals surface area contributed by atoms with E-state index in [9.17, 15) is 14.0 Å². The number of methoxy groups -OCH3 is 1. The van der Waals surface area contributed by atoms with Crippen molar-refractivity contribution in [1.29, 1.82) is 0 Å². The largest absolute Gasteiger partial charge is 0.494 e. The minimum atomic E-state index is -0.550. The molecule has 1 N–H and O–H groups in total. The molecule has 1 heterocycles. The molecule has 102 valence electrons. The van der Waals surface area contributed by atoms with Crippen LogP contribution in [0.15, 0.2) is 18.2 Å². The van der Waals surface area contributed by atoms with Crippen molar-refractivity contribution in [2.24, 2.45) is 0 Å². The Kier molecular flexibility index (Phi) is 3.69. The summed E-state index contributed by atoms with van der Waals surface area (Å²) in [5.41, 5.74) is 0.619. The van der Waals surface area contributed by atoms with E-state index in [0.717, 1.165) is 0 Å². The number of hydrogen-bond donors (Lipinski definition) is 1. The predicted octanol–water partition coefficient (Wildman–Crippen LogP) is 0.681. The summed E-state index contributed by atoms with van der Waals surface area (Å²) < 4.78 is 18.4. The molecule has 0 aliphatic carbocycles. The first kappa shape index (κ1) is 13.3. The normalized spacial score (nSPS) is 19.3. The Morgan fingerprint density at radius 3 is 2.84 bits per heavy atom. The van der Waals surface area contributed by atoms with Crippen molar-refractivity contribution in [3.63, 3.8) is 0 Å². The van der Waals surface area contributed by atoms with Gasteiger partial charge in [0.15, 0.2) is 11.6 Å². The Morgan fingerprint density at radius 1 is 1.47 bits per heavy atom. The summed E-state index contributed by atoms with van der Waals surface area (Å²) in [4.78, 5) is 24.7. The van der Waals surface area contributed by atoms with Crippen molar-refractivity contribution >= 4 is 11.8 Å². The van der Waals surface area contributed by atoms with Gasteiger partial charge in [-0.2, -0.15) is 0 Å². The fourth-order valence-electron chi connectivity index (χ4n) is 2.00. The third kappa shape index (κ3) is 2.67. The fraction of sp³-hybridized carbons (Fsp3) is 0.385. The molecular formula is C13H15FN2O3. The Morgan fingerprint density at radius 2 is 2.21 bits per heavy atom. The highest BCUT2D eigenvalue weighted by Gasteiger charge is 2.30. The molecule has 0 radical (unpaired) electrons. The lowest BCUT2D eigenvalue weighted by Crippen LogP contribution is -2.56. The minimum absolute atomic E-state index is 0.0121. The maximum absolute atomic E-state index is 13.6. The summed E-state index contributed by atoms with van der Waals surface area (Å²) in [7, 11) is 1.39. The van der Waals surface area contributed by atoms with Gasteiger partial charge in [-0.1, -0.05) is 6.07 Å². The van der Waals surface area contributed by atoms with E-state index in [-0.39, 0.29) is 30.7 Å². The average molecular weight is 266 g/mol. The van der Waals surface area contributed by atoms with Crippen LogP contribution in [0.25, 0.3) is 0 Å². The highest BCUT2D eigenvalue weighted by Crippen LogP contribution is 2.20. The summed E-state index contributed by atoms with van der Waals surface area (Å²) in [6.45, 7) is 1.84. The zero-order chi connectivity index (χ0) is 14.0. The number of nitrogens with zero attached hydrogens (tertiary/aromatic N) is 1. The maximum Gasteiger partial charge on any atom is 0.242 e. The molecule has 1 aliphatic rings. The van der Waals surface area contributed by atoms with Crippen molar-refractivity contribution < 1.29 is 18.7 Å².